The second kappa shape index (κ2) is 13.6. The third-order valence-corrected chi connectivity index (χ3v) is 11.2. The van der Waals surface area contributed by atoms with Gasteiger partial charge in [-0.3, -0.25) is 0 Å². The third-order valence-electron chi connectivity index (χ3n) is 11.2. The van der Waals surface area contributed by atoms with Crippen LogP contribution in [0.2, 0.25) is 0 Å². The average Bonchev–Trinajstić information content (AvgIpc) is 3.83. The quantitative estimate of drug-likeness (QED) is 0.163. The molecule has 0 spiro atoms. The Bertz CT molecular complexity index is 3210. The van der Waals surface area contributed by atoms with Gasteiger partial charge in [-0.2, -0.15) is 0 Å². The van der Waals surface area contributed by atoms with Gasteiger partial charge in [0, 0.05) is 38.5 Å². The van der Waals surface area contributed by atoms with E-state index >= 15 is 0 Å². The molecule has 268 valence electrons. The van der Waals surface area contributed by atoms with Crippen molar-refractivity contribution in [2.24, 2.45) is 0 Å². The van der Waals surface area contributed by atoms with Crippen LogP contribution in [0.3, 0.4) is 0 Å². The summed E-state index contributed by atoms with van der Waals surface area (Å²) >= 11 is 0. The molecule has 0 fully saturated rings. The van der Waals surface area contributed by atoms with Gasteiger partial charge in [0.05, 0.1) is 22.4 Å². The van der Waals surface area contributed by atoms with Gasteiger partial charge in [0.25, 0.3) is 0 Å². The Morgan fingerprint density at radius 1 is 0.351 bits per heavy atom. The topological polar surface area (TPSA) is 21.3 Å². The maximum Gasteiger partial charge on any atom is 0.135 e. The second-order valence-electron chi connectivity index (χ2n) is 14.5. The number of benzene rings is 9. The molecule has 3 heteroatoms. The first-order valence-electron chi connectivity index (χ1n) is 19.4. The van der Waals surface area contributed by atoms with Crippen LogP contribution in [0, 0.1) is 0 Å². The molecule has 0 aliphatic rings. The maximum absolute atomic E-state index is 6.12. The molecule has 0 atom stereocenters. The summed E-state index contributed by atoms with van der Waals surface area (Å²) in [6.07, 6.45) is 0. The SMILES string of the molecule is c1ccc(-c2ccc(N(c3ccccc3-c3ccccc3)c3cccc4c3c3ccccc3n4-c3ccc(-c4ccc5oc6ccccc6c5c4)cc3)cc2)cc1. The van der Waals surface area contributed by atoms with Crippen LogP contribution in [0.1, 0.15) is 0 Å². The molecule has 9 aromatic carbocycles. The van der Waals surface area contributed by atoms with Gasteiger partial charge in [-0.05, 0) is 94.5 Å². The second-order valence-corrected chi connectivity index (χ2v) is 14.5. The number of fused-ring (bicyclic) bond motifs is 6. The van der Waals surface area contributed by atoms with Crippen molar-refractivity contribution in [2.75, 3.05) is 4.90 Å². The van der Waals surface area contributed by atoms with Crippen LogP contribution in [-0.4, -0.2) is 4.57 Å². The molecule has 11 rings (SSSR count). The van der Waals surface area contributed by atoms with Crippen molar-refractivity contribution in [2.45, 2.75) is 0 Å². The van der Waals surface area contributed by atoms with Gasteiger partial charge >= 0.3 is 0 Å². The van der Waals surface area contributed by atoms with Crippen molar-refractivity contribution in [3.63, 3.8) is 0 Å². The van der Waals surface area contributed by atoms with E-state index in [9.17, 15) is 0 Å². The normalized spacial score (nSPS) is 11.5. The molecule has 0 aliphatic heterocycles. The number of rotatable bonds is 7. The summed E-state index contributed by atoms with van der Waals surface area (Å²) in [5.74, 6) is 0. The Kier molecular flexibility index (Phi) is 7.82. The highest BCUT2D eigenvalue weighted by Crippen LogP contribution is 2.47. The fourth-order valence-corrected chi connectivity index (χ4v) is 8.55. The summed E-state index contributed by atoms with van der Waals surface area (Å²) < 4.78 is 8.53. The Balaban J connectivity index is 1.08. The highest BCUT2D eigenvalue weighted by molar-refractivity contribution is 6.17. The van der Waals surface area contributed by atoms with Gasteiger partial charge in [-0.25, -0.2) is 0 Å². The first-order chi connectivity index (χ1) is 28.3. The van der Waals surface area contributed by atoms with Gasteiger partial charge in [0.15, 0.2) is 0 Å². The molecule has 0 bridgehead atoms. The molecule has 0 saturated heterocycles. The fourth-order valence-electron chi connectivity index (χ4n) is 8.55. The third kappa shape index (κ3) is 5.60. The molecule has 3 nitrogen and oxygen atoms in total. The Labute approximate surface area is 330 Å². The summed E-state index contributed by atoms with van der Waals surface area (Å²) in [4.78, 5) is 2.44. The van der Waals surface area contributed by atoms with E-state index in [0.29, 0.717) is 0 Å². The van der Waals surface area contributed by atoms with Crippen LogP contribution in [0.4, 0.5) is 17.1 Å². The Morgan fingerprint density at radius 3 is 1.72 bits per heavy atom. The van der Waals surface area contributed by atoms with E-state index in [-0.39, 0.29) is 0 Å². The van der Waals surface area contributed by atoms with E-state index in [1.807, 2.05) is 12.1 Å². The zero-order valence-corrected chi connectivity index (χ0v) is 31.1. The number of furan rings is 1. The number of hydrogen-bond donors (Lipinski definition) is 0. The predicted octanol–water partition coefficient (Wildman–Crippen LogP) is 15.2. The van der Waals surface area contributed by atoms with Gasteiger partial charge < -0.3 is 13.9 Å². The molecular weight excluding hydrogens is 693 g/mol. The lowest BCUT2D eigenvalue weighted by Gasteiger charge is -2.29. The summed E-state index contributed by atoms with van der Waals surface area (Å²) in [7, 11) is 0. The largest absolute Gasteiger partial charge is 0.456 e. The Morgan fingerprint density at radius 2 is 0.912 bits per heavy atom. The van der Waals surface area contributed by atoms with Crippen molar-refractivity contribution in [1.29, 1.82) is 0 Å². The molecule has 0 unspecified atom stereocenters. The van der Waals surface area contributed by atoms with Crippen LogP contribution in [-0.2, 0) is 0 Å². The van der Waals surface area contributed by atoms with Crippen LogP contribution in [0.15, 0.2) is 223 Å². The van der Waals surface area contributed by atoms with Crippen LogP contribution in [0.5, 0.6) is 0 Å². The van der Waals surface area contributed by atoms with E-state index in [0.717, 1.165) is 66.8 Å². The van der Waals surface area contributed by atoms with Crippen LogP contribution >= 0.6 is 0 Å². The van der Waals surface area contributed by atoms with Gasteiger partial charge in [0.2, 0.25) is 0 Å². The smallest absolute Gasteiger partial charge is 0.135 e. The molecule has 0 saturated carbocycles. The van der Waals surface area contributed by atoms with Gasteiger partial charge in [-0.15, -0.1) is 0 Å². The minimum Gasteiger partial charge on any atom is -0.456 e. The lowest BCUT2D eigenvalue weighted by atomic mass is 10.00. The van der Waals surface area contributed by atoms with Crippen molar-refractivity contribution in [3.8, 4) is 39.1 Å². The van der Waals surface area contributed by atoms with Crippen molar-refractivity contribution >= 4 is 60.8 Å². The van der Waals surface area contributed by atoms with E-state index in [4.69, 9.17) is 4.42 Å². The molecule has 2 aromatic heterocycles. The number of nitrogens with zero attached hydrogens (tertiary/aromatic N) is 2. The van der Waals surface area contributed by atoms with E-state index < -0.39 is 0 Å². The van der Waals surface area contributed by atoms with E-state index in [1.54, 1.807) is 0 Å². The van der Waals surface area contributed by atoms with Crippen molar-refractivity contribution < 1.29 is 4.42 Å². The highest BCUT2D eigenvalue weighted by atomic mass is 16.3. The van der Waals surface area contributed by atoms with Crippen molar-refractivity contribution in [3.05, 3.63) is 218 Å². The van der Waals surface area contributed by atoms with Crippen LogP contribution in [0.25, 0.3) is 82.8 Å². The molecule has 11 aromatic rings. The first-order valence-corrected chi connectivity index (χ1v) is 19.4. The molecule has 0 amide bonds. The predicted molar refractivity (Wildman–Crippen MR) is 239 cm³/mol. The minimum absolute atomic E-state index is 0.908. The summed E-state index contributed by atoms with van der Waals surface area (Å²) in [6, 6.07) is 78.2. The Hall–Kier alpha value is -7.62. The standard InChI is InChI=1S/C54H36N2O/c1-3-14-37(15-4-1)38-26-31-42(32-27-38)55(48-21-10-7-18-44(48)40-16-5-2-6-17-40)50-23-13-24-51-54(50)46-20-8-11-22-49(46)56(51)43-33-28-39(29-34-43)41-30-35-53-47(36-41)45-19-9-12-25-52(45)57-53/h1-36H. The maximum atomic E-state index is 6.12. The minimum atomic E-state index is 0.908. The number of hydrogen-bond acceptors (Lipinski definition) is 2. The number of para-hydroxylation sites is 3. The molecule has 0 radical (unpaired) electrons. The average molecular weight is 729 g/mol. The summed E-state index contributed by atoms with van der Waals surface area (Å²) in [6.45, 7) is 0. The lowest BCUT2D eigenvalue weighted by molar-refractivity contribution is 0.669. The monoisotopic (exact) mass is 728 g/mol. The van der Waals surface area contributed by atoms with Gasteiger partial charge in [0.1, 0.15) is 11.2 Å². The molecule has 57 heavy (non-hydrogen) atoms. The summed E-state index contributed by atoms with van der Waals surface area (Å²) in [5, 5.41) is 4.67. The van der Waals surface area contributed by atoms with E-state index in [1.165, 1.54) is 33.0 Å². The first kappa shape index (κ1) is 32.8. The van der Waals surface area contributed by atoms with Crippen molar-refractivity contribution in [1.82, 2.24) is 4.57 Å². The molecule has 2 heterocycles. The molecule has 0 aliphatic carbocycles. The zero-order valence-electron chi connectivity index (χ0n) is 31.1. The van der Waals surface area contributed by atoms with E-state index in [2.05, 4.69) is 216 Å². The number of anilines is 3. The molecule has 0 N–H and O–H groups in total. The molecular formula is C54H36N2O. The van der Waals surface area contributed by atoms with Gasteiger partial charge in [-0.1, -0.05) is 152 Å². The van der Waals surface area contributed by atoms with Crippen LogP contribution < -0.4 is 4.90 Å². The highest BCUT2D eigenvalue weighted by Gasteiger charge is 2.23. The number of aromatic nitrogens is 1. The zero-order chi connectivity index (χ0) is 37.7. The summed E-state index contributed by atoms with van der Waals surface area (Å²) in [5.41, 5.74) is 15.6. The lowest BCUT2D eigenvalue weighted by Crippen LogP contribution is -2.11. The fraction of sp³-hybridized carbons (Fsp3) is 0.